The Kier molecular flexibility index (Phi) is 8.00. The van der Waals surface area contributed by atoms with Crippen LogP contribution in [0.25, 0.3) is 0 Å². The number of carbonyl (C=O) groups is 1. The molecule has 1 rings (SSSR count). The van der Waals surface area contributed by atoms with E-state index in [1.807, 2.05) is 31.2 Å². The van der Waals surface area contributed by atoms with Gasteiger partial charge in [-0.2, -0.15) is 0 Å². The Labute approximate surface area is 127 Å². The lowest BCUT2D eigenvalue weighted by atomic mass is 10.2. The maximum atomic E-state index is 11.6. The largest absolute Gasteiger partial charge is 0.481 e. The van der Waals surface area contributed by atoms with Gasteiger partial charge in [-0.05, 0) is 19.4 Å². The van der Waals surface area contributed by atoms with Gasteiger partial charge in [0.15, 0.2) is 0 Å². The number of terminal acetylenes is 1. The second-order valence-electron chi connectivity index (χ2n) is 4.90. The number of para-hydroxylation sites is 1. The first-order valence-corrected chi connectivity index (χ1v) is 7.31. The highest BCUT2D eigenvalue weighted by molar-refractivity contribution is 5.76. The second kappa shape index (κ2) is 9.84. The number of ether oxygens (including phenoxy) is 1. The van der Waals surface area contributed by atoms with Crippen LogP contribution < -0.4 is 15.4 Å². The highest BCUT2D eigenvalue weighted by Gasteiger charge is 2.06. The molecule has 4 heteroatoms. The molecule has 0 aliphatic heterocycles. The van der Waals surface area contributed by atoms with Gasteiger partial charge in [0.2, 0.25) is 5.91 Å². The van der Waals surface area contributed by atoms with Crippen molar-refractivity contribution in [3.05, 3.63) is 29.8 Å². The molecule has 1 unspecified atom stereocenters. The van der Waals surface area contributed by atoms with Crippen LogP contribution in [0.15, 0.2) is 24.3 Å². The van der Waals surface area contributed by atoms with E-state index in [0.717, 1.165) is 17.7 Å². The maximum absolute atomic E-state index is 11.6. The van der Waals surface area contributed by atoms with Crippen LogP contribution >= 0.6 is 0 Å². The fourth-order valence-corrected chi connectivity index (χ4v) is 1.78. The van der Waals surface area contributed by atoms with E-state index in [4.69, 9.17) is 11.2 Å². The molecule has 0 saturated heterocycles. The summed E-state index contributed by atoms with van der Waals surface area (Å²) in [4.78, 5) is 11.6. The Bertz CT molecular complexity index is 480. The molecule has 0 radical (unpaired) electrons. The molecule has 1 atom stereocenters. The summed E-state index contributed by atoms with van der Waals surface area (Å²) in [7, 11) is 0. The summed E-state index contributed by atoms with van der Waals surface area (Å²) >= 11 is 0. The monoisotopic (exact) mass is 288 g/mol. The molecule has 0 aromatic heterocycles. The van der Waals surface area contributed by atoms with Crippen LogP contribution in [0.1, 0.15) is 32.3 Å². The molecule has 1 aromatic carbocycles. The lowest BCUT2D eigenvalue weighted by Crippen LogP contribution is -2.33. The number of carbonyl (C=O) groups excluding carboxylic acids is 1. The summed E-state index contributed by atoms with van der Waals surface area (Å²) in [6.07, 6.45) is 6.61. The molecule has 1 aromatic rings. The van der Waals surface area contributed by atoms with Gasteiger partial charge in [-0.15, -0.1) is 6.42 Å². The molecule has 0 aliphatic rings. The normalized spacial score (nSPS) is 11.5. The highest BCUT2D eigenvalue weighted by Crippen LogP contribution is 2.17. The van der Waals surface area contributed by atoms with Gasteiger partial charge in [0.05, 0.1) is 0 Å². The van der Waals surface area contributed by atoms with E-state index in [2.05, 4.69) is 23.5 Å². The first-order chi connectivity index (χ1) is 10.2. The molecule has 0 saturated carbocycles. The first-order valence-electron chi connectivity index (χ1n) is 7.31. The van der Waals surface area contributed by atoms with Crippen LogP contribution in [0.4, 0.5) is 0 Å². The van der Waals surface area contributed by atoms with Crippen LogP contribution in [-0.2, 0) is 11.3 Å². The fourth-order valence-electron chi connectivity index (χ4n) is 1.78. The van der Waals surface area contributed by atoms with Crippen LogP contribution in [0.3, 0.4) is 0 Å². The molecule has 114 valence electrons. The van der Waals surface area contributed by atoms with E-state index in [1.54, 1.807) is 0 Å². The molecule has 2 N–H and O–H groups in total. The predicted molar refractivity (Wildman–Crippen MR) is 85.0 cm³/mol. The average molecular weight is 288 g/mol. The highest BCUT2D eigenvalue weighted by atomic mass is 16.5. The van der Waals surface area contributed by atoms with Crippen molar-refractivity contribution in [2.75, 3.05) is 13.2 Å². The third kappa shape index (κ3) is 6.82. The van der Waals surface area contributed by atoms with Crippen LogP contribution in [0.5, 0.6) is 5.75 Å². The molecule has 0 bridgehead atoms. The molecular weight excluding hydrogens is 264 g/mol. The maximum Gasteiger partial charge on any atom is 0.221 e. The Morgan fingerprint density at radius 2 is 2.19 bits per heavy atom. The van der Waals surface area contributed by atoms with Gasteiger partial charge >= 0.3 is 0 Å². The number of hydrogen-bond donors (Lipinski definition) is 2. The van der Waals surface area contributed by atoms with Crippen molar-refractivity contribution < 1.29 is 9.53 Å². The third-order valence-electron chi connectivity index (χ3n) is 3.15. The minimum absolute atomic E-state index is 0.0775. The van der Waals surface area contributed by atoms with Gasteiger partial charge in [0, 0.05) is 31.1 Å². The zero-order valence-electron chi connectivity index (χ0n) is 12.8. The molecule has 1 amide bonds. The molecule has 0 fully saturated rings. The number of hydrogen-bond acceptors (Lipinski definition) is 3. The van der Waals surface area contributed by atoms with Crippen molar-refractivity contribution in [1.82, 2.24) is 10.6 Å². The van der Waals surface area contributed by atoms with Crippen LogP contribution in [0.2, 0.25) is 0 Å². The van der Waals surface area contributed by atoms with Crippen LogP contribution in [-0.4, -0.2) is 25.1 Å². The topological polar surface area (TPSA) is 50.4 Å². The van der Waals surface area contributed by atoms with Gasteiger partial charge in [-0.1, -0.05) is 31.0 Å². The standard InChI is InChI=1S/C17H24N2O2/c1-4-12-21-16-9-7-6-8-15(16)13-18-11-10-17(20)19-14(3)5-2/h1,6-9,14,18H,5,10-13H2,2-3H3,(H,19,20). The van der Waals surface area contributed by atoms with E-state index < -0.39 is 0 Å². The van der Waals surface area contributed by atoms with Gasteiger partial charge in [0.25, 0.3) is 0 Å². The van der Waals surface area contributed by atoms with Crippen molar-refractivity contribution in [2.24, 2.45) is 0 Å². The molecule has 21 heavy (non-hydrogen) atoms. The van der Waals surface area contributed by atoms with Crippen molar-refractivity contribution in [3.8, 4) is 18.1 Å². The summed E-state index contributed by atoms with van der Waals surface area (Å²) in [5.74, 6) is 3.32. The van der Waals surface area contributed by atoms with E-state index in [1.165, 1.54) is 0 Å². The predicted octanol–water partition coefficient (Wildman–Crippen LogP) is 2.09. The summed E-state index contributed by atoms with van der Waals surface area (Å²) in [6, 6.07) is 7.97. The Hall–Kier alpha value is -1.99. The minimum atomic E-state index is 0.0775. The van der Waals surface area contributed by atoms with Crippen molar-refractivity contribution in [2.45, 2.75) is 39.3 Å². The SMILES string of the molecule is C#CCOc1ccccc1CNCCC(=O)NC(C)CC. The first kappa shape index (κ1) is 17.1. The van der Waals surface area contributed by atoms with E-state index in [0.29, 0.717) is 19.5 Å². The van der Waals surface area contributed by atoms with Gasteiger partial charge in [-0.3, -0.25) is 4.79 Å². The van der Waals surface area contributed by atoms with E-state index >= 15 is 0 Å². The number of amides is 1. The van der Waals surface area contributed by atoms with E-state index in [-0.39, 0.29) is 18.6 Å². The minimum Gasteiger partial charge on any atom is -0.481 e. The van der Waals surface area contributed by atoms with E-state index in [9.17, 15) is 4.79 Å². The number of nitrogens with one attached hydrogen (secondary N) is 2. The molecule has 0 spiro atoms. The van der Waals surface area contributed by atoms with Crippen LogP contribution in [0, 0.1) is 12.3 Å². The van der Waals surface area contributed by atoms with Crippen molar-refractivity contribution >= 4 is 5.91 Å². The summed E-state index contributed by atoms with van der Waals surface area (Å²) in [5, 5.41) is 6.19. The lowest BCUT2D eigenvalue weighted by Gasteiger charge is -2.12. The Morgan fingerprint density at radius 1 is 1.43 bits per heavy atom. The molecule has 0 aliphatic carbocycles. The fraction of sp³-hybridized carbons (Fsp3) is 0.471. The lowest BCUT2D eigenvalue weighted by molar-refractivity contribution is -0.121. The van der Waals surface area contributed by atoms with Gasteiger partial charge in [0.1, 0.15) is 12.4 Å². The molecule has 0 heterocycles. The quantitative estimate of drug-likeness (QED) is 0.540. The van der Waals surface area contributed by atoms with Crippen molar-refractivity contribution in [3.63, 3.8) is 0 Å². The number of benzene rings is 1. The third-order valence-corrected chi connectivity index (χ3v) is 3.15. The summed E-state index contributed by atoms with van der Waals surface area (Å²) in [5.41, 5.74) is 1.04. The zero-order chi connectivity index (χ0) is 15.5. The van der Waals surface area contributed by atoms with Crippen molar-refractivity contribution in [1.29, 1.82) is 0 Å². The summed E-state index contributed by atoms with van der Waals surface area (Å²) in [6.45, 7) is 5.60. The zero-order valence-corrected chi connectivity index (χ0v) is 12.8. The van der Waals surface area contributed by atoms with Gasteiger partial charge < -0.3 is 15.4 Å². The molecular formula is C17H24N2O2. The Balaban J connectivity index is 2.33. The second-order valence-corrected chi connectivity index (χ2v) is 4.90. The van der Waals surface area contributed by atoms with Gasteiger partial charge in [-0.25, -0.2) is 0 Å². The molecule has 4 nitrogen and oxygen atoms in total. The number of rotatable bonds is 9. The smallest absolute Gasteiger partial charge is 0.221 e. The Morgan fingerprint density at radius 3 is 2.90 bits per heavy atom. The average Bonchev–Trinajstić information content (AvgIpc) is 2.50. The summed E-state index contributed by atoms with van der Waals surface area (Å²) < 4.78 is 5.48.